The number of nitrogens with zero attached hydrogens (tertiary/aromatic N) is 2. The van der Waals surface area contributed by atoms with E-state index in [-0.39, 0.29) is 17.3 Å². The van der Waals surface area contributed by atoms with Crippen LogP contribution in [0.2, 0.25) is 0 Å². The van der Waals surface area contributed by atoms with Gasteiger partial charge >= 0.3 is 5.91 Å². The molecule has 2 heterocycles. The summed E-state index contributed by atoms with van der Waals surface area (Å²) in [4.78, 5) is 36.3. The minimum atomic E-state index is -0.945. The lowest BCUT2D eigenvalue weighted by Gasteiger charge is -2.23. The summed E-state index contributed by atoms with van der Waals surface area (Å²) >= 11 is 0. The Kier molecular flexibility index (Phi) is 6.51. The van der Waals surface area contributed by atoms with Crippen LogP contribution in [0.3, 0.4) is 0 Å². The highest BCUT2D eigenvalue weighted by Gasteiger charge is 2.48. The second-order valence-corrected chi connectivity index (χ2v) is 9.53. The quantitative estimate of drug-likeness (QED) is 0.203. The van der Waals surface area contributed by atoms with Gasteiger partial charge < -0.3 is 24.3 Å². The summed E-state index contributed by atoms with van der Waals surface area (Å²) in [5, 5.41) is 11.6. The van der Waals surface area contributed by atoms with Crippen LogP contribution < -0.4 is 19.1 Å². The zero-order valence-corrected chi connectivity index (χ0v) is 22.6. The van der Waals surface area contributed by atoms with Gasteiger partial charge in [0.1, 0.15) is 11.5 Å². The van der Waals surface area contributed by atoms with Crippen molar-refractivity contribution >= 4 is 34.4 Å². The Morgan fingerprint density at radius 3 is 2.31 bits per heavy atom. The predicted molar refractivity (Wildman–Crippen MR) is 148 cm³/mol. The van der Waals surface area contributed by atoms with E-state index in [1.807, 2.05) is 51.1 Å². The molecule has 2 N–H and O–H groups in total. The third-order valence-electron chi connectivity index (χ3n) is 6.88. The summed E-state index contributed by atoms with van der Waals surface area (Å²) in [5.74, 6) is -0.414. The molecule has 1 unspecified atom stereocenters. The number of carbonyl (C=O) groups excluding carboxylic acids is 2. The number of carbonyl (C=O) groups is 2. The number of imidazole rings is 1. The number of anilines is 1. The summed E-state index contributed by atoms with van der Waals surface area (Å²) in [7, 11) is 4.55. The standard InChI is InChI=1S/C30H29N3O6/c1-15-8-7-9-18(11-15)25-24(26(34)19-12-16(2)10-17(3)28(19)39-6)27(35)29(36)33(25)30-31-20-13-22(37-4)23(38-5)14-21(20)32-30/h7-14,25,34H,1-6H3,(H,31,32)/b26-24+. The molecule has 9 heteroatoms. The minimum absolute atomic E-state index is 0.0514. The molecule has 4 aromatic rings. The Hall–Kier alpha value is -4.79. The van der Waals surface area contributed by atoms with Gasteiger partial charge in [0.25, 0.3) is 5.78 Å². The third-order valence-corrected chi connectivity index (χ3v) is 6.88. The Bertz CT molecular complexity index is 1630. The van der Waals surface area contributed by atoms with Crippen LogP contribution in [0.5, 0.6) is 17.2 Å². The molecule has 9 nitrogen and oxygen atoms in total. The number of aromatic nitrogens is 2. The van der Waals surface area contributed by atoms with E-state index in [9.17, 15) is 14.7 Å². The number of Topliss-reactive ketones (excluding diaryl/α,β-unsaturated/α-hetero) is 1. The molecule has 1 aromatic heterocycles. The maximum absolute atomic E-state index is 13.6. The van der Waals surface area contributed by atoms with E-state index in [0.29, 0.717) is 39.4 Å². The van der Waals surface area contributed by atoms with Crippen molar-refractivity contribution in [2.45, 2.75) is 26.8 Å². The van der Waals surface area contributed by atoms with Gasteiger partial charge in [0.2, 0.25) is 5.95 Å². The highest BCUT2D eigenvalue weighted by Crippen LogP contribution is 2.44. The lowest BCUT2D eigenvalue weighted by atomic mass is 9.93. The zero-order valence-electron chi connectivity index (χ0n) is 22.6. The third kappa shape index (κ3) is 4.25. The van der Waals surface area contributed by atoms with Gasteiger partial charge in [-0.05, 0) is 43.5 Å². The number of hydrogen-bond donors (Lipinski definition) is 2. The molecule has 1 fully saturated rings. The van der Waals surface area contributed by atoms with Gasteiger partial charge in [0.15, 0.2) is 11.5 Å². The van der Waals surface area contributed by atoms with E-state index >= 15 is 0 Å². The van der Waals surface area contributed by atoms with Crippen LogP contribution in [0.15, 0.2) is 54.1 Å². The number of aromatic amines is 1. The number of ketones is 1. The van der Waals surface area contributed by atoms with Crippen LogP contribution in [0, 0.1) is 20.8 Å². The van der Waals surface area contributed by atoms with E-state index in [4.69, 9.17) is 14.2 Å². The van der Waals surface area contributed by atoms with Gasteiger partial charge in [0.05, 0.1) is 49.5 Å². The number of ether oxygens (including phenoxy) is 3. The average molecular weight is 528 g/mol. The molecule has 1 aliphatic heterocycles. The molecule has 0 aliphatic carbocycles. The van der Waals surface area contributed by atoms with E-state index < -0.39 is 17.7 Å². The lowest BCUT2D eigenvalue weighted by molar-refractivity contribution is -0.132. The van der Waals surface area contributed by atoms with Crippen molar-refractivity contribution in [3.63, 3.8) is 0 Å². The smallest absolute Gasteiger partial charge is 0.302 e. The molecule has 0 saturated carbocycles. The predicted octanol–water partition coefficient (Wildman–Crippen LogP) is 5.14. The first-order valence-electron chi connectivity index (χ1n) is 12.3. The average Bonchev–Trinajstić information content (AvgIpc) is 3.44. The Labute approximate surface area is 225 Å². The first kappa shape index (κ1) is 25.8. The Morgan fingerprint density at radius 2 is 1.64 bits per heavy atom. The maximum Gasteiger partial charge on any atom is 0.302 e. The second-order valence-electron chi connectivity index (χ2n) is 9.53. The van der Waals surface area contributed by atoms with Crippen LogP contribution in [-0.2, 0) is 9.59 Å². The van der Waals surface area contributed by atoms with Gasteiger partial charge in [0, 0.05) is 12.1 Å². The number of H-pyrrole nitrogens is 1. The fraction of sp³-hybridized carbons (Fsp3) is 0.233. The van der Waals surface area contributed by atoms with Crippen LogP contribution in [-0.4, -0.2) is 48.1 Å². The molecular formula is C30H29N3O6. The van der Waals surface area contributed by atoms with Crippen molar-refractivity contribution in [3.05, 3.63) is 81.9 Å². The molecule has 1 amide bonds. The summed E-state index contributed by atoms with van der Waals surface area (Å²) in [6, 6.07) is 13.6. The van der Waals surface area contributed by atoms with Crippen molar-refractivity contribution in [1.82, 2.24) is 9.97 Å². The molecular weight excluding hydrogens is 498 g/mol. The van der Waals surface area contributed by atoms with Crippen molar-refractivity contribution in [2.75, 3.05) is 26.2 Å². The zero-order chi connectivity index (χ0) is 28.0. The number of aryl methyl sites for hydroxylation is 3. The highest BCUT2D eigenvalue weighted by atomic mass is 16.5. The molecule has 1 aliphatic rings. The fourth-order valence-electron chi connectivity index (χ4n) is 5.19. The first-order valence-corrected chi connectivity index (χ1v) is 12.3. The number of benzene rings is 3. The molecule has 1 saturated heterocycles. The van der Waals surface area contributed by atoms with Crippen molar-refractivity contribution in [3.8, 4) is 17.2 Å². The van der Waals surface area contributed by atoms with Crippen molar-refractivity contribution < 1.29 is 28.9 Å². The van der Waals surface area contributed by atoms with Gasteiger partial charge in [-0.1, -0.05) is 35.9 Å². The number of rotatable bonds is 6. The summed E-state index contributed by atoms with van der Waals surface area (Å²) in [5.41, 5.74) is 4.63. The molecule has 1 atom stereocenters. The van der Waals surface area contributed by atoms with E-state index in [1.54, 1.807) is 18.2 Å². The molecule has 39 heavy (non-hydrogen) atoms. The Morgan fingerprint density at radius 1 is 0.923 bits per heavy atom. The van der Waals surface area contributed by atoms with E-state index in [1.165, 1.54) is 26.2 Å². The van der Waals surface area contributed by atoms with E-state index in [0.717, 1.165) is 16.7 Å². The lowest BCUT2D eigenvalue weighted by Crippen LogP contribution is -2.30. The summed E-state index contributed by atoms with van der Waals surface area (Å²) in [6.45, 7) is 5.66. The second kappa shape index (κ2) is 9.83. The summed E-state index contributed by atoms with van der Waals surface area (Å²) in [6.07, 6.45) is 0. The van der Waals surface area contributed by atoms with Crippen LogP contribution >= 0.6 is 0 Å². The molecule has 5 rings (SSSR count). The largest absolute Gasteiger partial charge is 0.507 e. The number of nitrogens with one attached hydrogen (secondary N) is 1. The van der Waals surface area contributed by atoms with Crippen LogP contribution in [0.1, 0.15) is 33.9 Å². The van der Waals surface area contributed by atoms with Crippen LogP contribution in [0.25, 0.3) is 16.8 Å². The van der Waals surface area contributed by atoms with Crippen LogP contribution in [0.4, 0.5) is 5.95 Å². The molecule has 0 radical (unpaired) electrons. The van der Waals surface area contributed by atoms with Gasteiger partial charge in [-0.25, -0.2) is 4.98 Å². The molecule has 0 bridgehead atoms. The number of methoxy groups -OCH3 is 3. The highest BCUT2D eigenvalue weighted by molar-refractivity contribution is 6.51. The fourth-order valence-corrected chi connectivity index (χ4v) is 5.19. The SMILES string of the molecule is COc1cc2nc(N3C(=O)C(=O)/C(=C(/O)c4cc(C)cc(C)c4OC)C3c3cccc(C)c3)[nH]c2cc1OC. The minimum Gasteiger partial charge on any atom is -0.507 e. The first-order chi connectivity index (χ1) is 18.7. The topological polar surface area (TPSA) is 114 Å². The maximum atomic E-state index is 13.6. The van der Waals surface area contributed by atoms with Gasteiger partial charge in [-0.2, -0.15) is 0 Å². The normalized spacial score (nSPS) is 16.7. The Balaban J connectivity index is 1.77. The monoisotopic (exact) mass is 527 g/mol. The van der Waals surface area contributed by atoms with E-state index in [2.05, 4.69) is 9.97 Å². The van der Waals surface area contributed by atoms with Gasteiger partial charge in [-0.15, -0.1) is 0 Å². The summed E-state index contributed by atoms with van der Waals surface area (Å²) < 4.78 is 16.4. The molecule has 0 spiro atoms. The number of hydrogen-bond acceptors (Lipinski definition) is 7. The number of aliphatic hydroxyl groups is 1. The van der Waals surface area contributed by atoms with Gasteiger partial charge in [-0.3, -0.25) is 14.5 Å². The number of amides is 1. The van der Waals surface area contributed by atoms with Crippen molar-refractivity contribution in [2.24, 2.45) is 0 Å². The number of fused-ring (bicyclic) bond motifs is 1. The molecule has 200 valence electrons. The number of aliphatic hydroxyl groups excluding tert-OH is 1. The molecule has 3 aromatic carbocycles. The van der Waals surface area contributed by atoms with Crippen molar-refractivity contribution in [1.29, 1.82) is 0 Å².